The second-order valence-corrected chi connectivity index (χ2v) is 7.33. The highest BCUT2D eigenvalue weighted by molar-refractivity contribution is 5.93. The minimum Gasteiger partial charge on any atom is -0.459 e. The number of rotatable bonds is 5. The topological polar surface area (TPSA) is 87.7 Å². The van der Waals surface area contributed by atoms with Gasteiger partial charge in [-0.2, -0.15) is 0 Å². The molecule has 0 saturated carbocycles. The van der Waals surface area contributed by atoms with E-state index < -0.39 is 0 Å². The molecular weight excluding hydrogens is 360 g/mol. The number of amides is 2. The second kappa shape index (κ2) is 8.55. The van der Waals surface area contributed by atoms with Crippen LogP contribution in [0.5, 0.6) is 0 Å². The zero-order valence-electron chi connectivity index (χ0n) is 16.0. The molecule has 28 heavy (non-hydrogen) atoms. The van der Waals surface area contributed by atoms with Gasteiger partial charge in [0.25, 0.3) is 11.8 Å². The Hall–Kier alpha value is -2.68. The Morgan fingerprint density at radius 2 is 1.64 bits per heavy atom. The summed E-state index contributed by atoms with van der Waals surface area (Å²) >= 11 is 0. The number of piperazine rings is 1. The third kappa shape index (κ3) is 4.24. The van der Waals surface area contributed by atoms with Crippen molar-refractivity contribution >= 4 is 11.8 Å². The molecule has 0 aliphatic carbocycles. The minimum absolute atomic E-state index is 0.130. The highest BCUT2D eigenvalue weighted by atomic mass is 16.3. The number of nitrogens with zero attached hydrogens (tertiary/aromatic N) is 6. The predicted octanol–water partition coefficient (Wildman–Crippen LogP) is 0.955. The highest BCUT2D eigenvalue weighted by Gasteiger charge is 2.27. The van der Waals surface area contributed by atoms with Gasteiger partial charge in [-0.15, -0.1) is 5.10 Å². The van der Waals surface area contributed by atoms with Crippen LogP contribution in [-0.2, 0) is 6.54 Å². The van der Waals surface area contributed by atoms with E-state index in [-0.39, 0.29) is 11.8 Å². The van der Waals surface area contributed by atoms with Crippen LogP contribution in [0, 0.1) is 0 Å². The summed E-state index contributed by atoms with van der Waals surface area (Å²) in [5.74, 6) is 0.0616. The van der Waals surface area contributed by atoms with Crippen molar-refractivity contribution < 1.29 is 14.0 Å². The molecule has 2 fully saturated rings. The normalized spacial score (nSPS) is 18.4. The number of piperidine rings is 1. The molecule has 2 aliphatic heterocycles. The number of hydrogen-bond acceptors (Lipinski definition) is 6. The van der Waals surface area contributed by atoms with Crippen molar-refractivity contribution in [3.05, 3.63) is 36.0 Å². The van der Waals surface area contributed by atoms with Gasteiger partial charge in [0.2, 0.25) is 0 Å². The van der Waals surface area contributed by atoms with E-state index in [9.17, 15) is 9.59 Å². The van der Waals surface area contributed by atoms with Crippen molar-refractivity contribution in [2.24, 2.45) is 0 Å². The summed E-state index contributed by atoms with van der Waals surface area (Å²) in [6, 6.07) is 3.35. The summed E-state index contributed by atoms with van der Waals surface area (Å²) < 4.78 is 6.91. The van der Waals surface area contributed by atoms with Crippen LogP contribution in [0.1, 0.15) is 40.3 Å². The summed E-state index contributed by atoms with van der Waals surface area (Å²) in [6.07, 6.45) is 7.05. The lowest BCUT2D eigenvalue weighted by molar-refractivity contribution is 0.0515. The first-order chi connectivity index (χ1) is 13.7. The van der Waals surface area contributed by atoms with Crippen molar-refractivity contribution in [1.29, 1.82) is 0 Å². The molecule has 0 spiro atoms. The number of carbonyl (C=O) groups is 2. The van der Waals surface area contributed by atoms with Crippen molar-refractivity contribution in [3.63, 3.8) is 0 Å². The maximum atomic E-state index is 12.7. The Morgan fingerprint density at radius 1 is 0.929 bits per heavy atom. The van der Waals surface area contributed by atoms with Crippen molar-refractivity contribution in [2.75, 3.05) is 45.8 Å². The van der Waals surface area contributed by atoms with E-state index >= 15 is 0 Å². The summed E-state index contributed by atoms with van der Waals surface area (Å²) in [5.41, 5.74) is 0.365. The predicted molar refractivity (Wildman–Crippen MR) is 101 cm³/mol. The first-order valence-electron chi connectivity index (χ1n) is 9.95. The number of carbonyl (C=O) groups excluding carboxylic acids is 2. The number of likely N-dealkylation sites (tertiary alicyclic amines) is 1. The van der Waals surface area contributed by atoms with E-state index in [0.717, 1.165) is 26.2 Å². The number of furan rings is 1. The third-order valence-corrected chi connectivity index (χ3v) is 5.44. The van der Waals surface area contributed by atoms with Crippen molar-refractivity contribution in [1.82, 2.24) is 29.7 Å². The smallest absolute Gasteiger partial charge is 0.289 e. The van der Waals surface area contributed by atoms with Gasteiger partial charge in [0.1, 0.15) is 0 Å². The van der Waals surface area contributed by atoms with Crippen molar-refractivity contribution in [3.8, 4) is 0 Å². The monoisotopic (exact) mass is 386 g/mol. The van der Waals surface area contributed by atoms with Crippen LogP contribution in [0.3, 0.4) is 0 Å². The van der Waals surface area contributed by atoms with Gasteiger partial charge < -0.3 is 19.1 Å². The largest absolute Gasteiger partial charge is 0.459 e. The Bertz CT molecular complexity index is 788. The Morgan fingerprint density at radius 3 is 2.32 bits per heavy atom. The Kier molecular flexibility index (Phi) is 5.70. The molecule has 0 atom stereocenters. The first-order valence-corrected chi connectivity index (χ1v) is 9.95. The lowest BCUT2D eigenvalue weighted by Gasteiger charge is -2.33. The first kappa shape index (κ1) is 18.7. The van der Waals surface area contributed by atoms with Gasteiger partial charge in [0.15, 0.2) is 11.5 Å². The van der Waals surface area contributed by atoms with Crippen LogP contribution in [0.25, 0.3) is 0 Å². The van der Waals surface area contributed by atoms with Gasteiger partial charge in [-0.05, 0) is 38.1 Å². The van der Waals surface area contributed by atoms with Crippen LogP contribution in [0.2, 0.25) is 0 Å². The summed E-state index contributed by atoms with van der Waals surface area (Å²) in [6.45, 7) is 5.87. The molecule has 0 unspecified atom stereocenters. The minimum atomic E-state index is -0.138. The molecule has 9 heteroatoms. The lowest BCUT2D eigenvalue weighted by atomic mass is 10.1. The maximum absolute atomic E-state index is 12.7. The highest BCUT2D eigenvalue weighted by Crippen LogP contribution is 2.12. The van der Waals surface area contributed by atoms with E-state index in [0.29, 0.717) is 37.6 Å². The maximum Gasteiger partial charge on any atom is 0.289 e. The van der Waals surface area contributed by atoms with Gasteiger partial charge in [-0.1, -0.05) is 11.6 Å². The van der Waals surface area contributed by atoms with Gasteiger partial charge >= 0.3 is 0 Å². The average Bonchev–Trinajstić information content (AvgIpc) is 3.44. The van der Waals surface area contributed by atoms with Crippen LogP contribution < -0.4 is 0 Å². The van der Waals surface area contributed by atoms with Crippen LogP contribution in [0.4, 0.5) is 0 Å². The van der Waals surface area contributed by atoms with Gasteiger partial charge in [-0.25, -0.2) is 0 Å². The fourth-order valence-electron chi connectivity index (χ4n) is 3.76. The molecule has 150 valence electrons. The third-order valence-electron chi connectivity index (χ3n) is 5.44. The molecule has 2 saturated heterocycles. The van der Waals surface area contributed by atoms with Gasteiger partial charge in [0, 0.05) is 32.7 Å². The molecule has 2 aromatic heterocycles. The molecule has 4 heterocycles. The van der Waals surface area contributed by atoms with Crippen LogP contribution in [0.15, 0.2) is 29.0 Å². The summed E-state index contributed by atoms with van der Waals surface area (Å²) in [5, 5.41) is 8.17. The quantitative estimate of drug-likeness (QED) is 0.761. The van der Waals surface area contributed by atoms with E-state index in [1.807, 2.05) is 0 Å². The Balaban J connectivity index is 1.27. The van der Waals surface area contributed by atoms with Gasteiger partial charge in [-0.3, -0.25) is 14.3 Å². The Labute approximate surface area is 163 Å². The fraction of sp³-hybridized carbons (Fsp3) is 0.579. The van der Waals surface area contributed by atoms with E-state index in [2.05, 4.69) is 15.2 Å². The molecule has 0 N–H and O–H groups in total. The molecule has 4 rings (SSSR count). The molecule has 2 aromatic rings. The van der Waals surface area contributed by atoms with E-state index in [1.54, 1.807) is 32.8 Å². The van der Waals surface area contributed by atoms with Gasteiger partial charge in [0.05, 0.1) is 19.0 Å². The molecule has 2 aliphatic rings. The molecule has 2 amide bonds. The SMILES string of the molecule is O=C(c1cn(CCN2CCCCC2)nn1)N1CCN(C(=O)c2ccco2)CC1. The number of aromatic nitrogens is 3. The summed E-state index contributed by atoms with van der Waals surface area (Å²) in [4.78, 5) is 30.9. The van der Waals surface area contributed by atoms with Crippen molar-refractivity contribution in [2.45, 2.75) is 25.8 Å². The van der Waals surface area contributed by atoms with E-state index in [1.165, 1.54) is 25.5 Å². The molecule has 9 nitrogen and oxygen atoms in total. The fourth-order valence-corrected chi connectivity index (χ4v) is 3.76. The van der Waals surface area contributed by atoms with Crippen LogP contribution >= 0.6 is 0 Å². The zero-order chi connectivity index (χ0) is 19.3. The summed E-state index contributed by atoms with van der Waals surface area (Å²) in [7, 11) is 0. The molecular formula is C19H26N6O3. The zero-order valence-corrected chi connectivity index (χ0v) is 16.0. The average molecular weight is 386 g/mol. The molecule has 0 bridgehead atoms. The molecule has 0 radical (unpaired) electrons. The lowest BCUT2D eigenvalue weighted by Crippen LogP contribution is -2.50. The van der Waals surface area contributed by atoms with Crippen LogP contribution in [-0.4, -0.2) is 87.3 Å². The number of hydrogen-bond donors (Lipinski definition) is 0. The van der Waals surface area contributed by atoms with E-state index in [4.69, 9.17) is 4.42 Å². The standard InChI is InChI=1S/C19H26N6O3/c26-18(16-15-25(21-20-16)13-8-22-6-2-1-3-7-22)23-9-11-24(12-10-23)19(27)17-5-4-14-28-17/h4-5,14-15H,1-3,6-13H2. The second-order valence-electron chi connectivity index (χ2n) is 7.33. The molecule has 0 aromatic carbocycles.